The van der Waals surface area contributed by atoms with E-state index < -0.39 is 17.0 Å². The number of nitrogens with zero attached hydrogens (tertiary/aromatic N) is 2. The van der Waals surface area contributed by atoms with E-state index in [1.165, 1.54) is 18.2 Å². The number of amides is 1. The van der Waals surface area contributed by atoms with Crippen molar-refractivity contribution in [2.24, 2.45) is 0 Å². The van der Waals surface area contributed by atoms with Gasteiger partial charge in [0.1, 0.15) is 0 Å². The minimum atomic E-state index is -0.868. The van der Waals surface area contributed by atoms with Crippen molar-refractivity contribution >= 4 is 17.3 Å². The van der Waals surface area contributed by atoms with Crippen LogP contribution in [0, 0.1) is 10.1 Å². The number of benzene rings is 2. The molecule has 3 rings (SSSR count). The lowest BCUT2D eigenvalue weighted by Crippen LogP contribution is -2.40. The first-order chi connectivity index (χ1) is 10.1. The van der Waals surface area contributed by atoms with Gasteiger partial charge < -0.3 is 5.32 Å². The second-order valence-electron chi connectivity index (χ2n) is 4.59. The molecule has 0 saturated heterocycles. The van der Waals surface area contributed by atoms with Crippen LogP contribution >= 0.6 is 0 Å². The van der Waals surface area contributed by atoms with Crippen molar-refractivity contribution in [3.05, 3.63) is 69.8 Å². The van der Waals surface area contributed by atoms with Crippen LogP contribution in [-0.4, -0.2) is 21.1 Å². The van der Waals surface area contributed by atoms with E-state index in [0.29, 0.717) is 21.9 Å². The summed E-state index contributed by atoms with van der Waals surface area (Å²) in [7, 11) is 0. The first-order valence-corrected chi connectivity index (χ1v) is 6.20. The van der Waals surface area contributed by atoms with Gasteiger partial charge in [0, 0.05) is 23.4 Å². The first-order valence-electron chi connectivity index (χ1n) is 6.20. The van der Waals surface area contributed by atoms with Gasteiger partial charge in [-0.05, 0) is 12.1 Å². The summed E-state index contributed by atoms with van der Waals surface area (Å²) < 4.78 is 0. The Morgan fingerprint density at radius 1 is 1.19 bits per heavy atom. The van der Waals surface area contributed by atoms with Crippen LogP contribution in [0.1, 0.15) is 22.1 Å². The van der Waals surface area contributed by atoms with E-state index in [4.69, 9.17) is 0 Å². The Kier molecular flexibility index (Phi) is 3.03. The monoisotopic (exact) mass is 285 g/mol. The van der Waals surface area contributed by atoms with Crippen LogP contribution in [0.3, 0.4) is 0 Å². The molecule has 0 aliphatic carbocycles. The molecule has 7 heteroatoms. The zero-order valence-electron chi connectivity index (χ0n) is 10.8. The highest BCUT2D eigenvalue weighted by Gasteiger charge is 2.32. The van der Waals surface area contributed by atoms with Crippen molar-refractivity contribution in [3.8, 4) is 0 Å². The molecule has 2 aromatic carbocycles. The van der Waals surface area contributed by atoms with Gasteiger partial charge in [-0.2, -0.15) is 5.06 Å². The maximum Gasteiger partial charge on any atom is 0.281 e. The molecule has 0 aromatic heterocycles. The fraction of sp³-hybridized carbons (Fsp3) is 0.0714. The average Bonchev–Trinajstić information content (AvgIpc) is 2.51. The van der Waals surface area contributed by atoms with Gasteiger partial charge in [0.05, 0.1) is 10.5 Å². The highest BCUT2D eigenvalue weighted by atomic mass is 16.6. The Balaban J connectivity index is 2.02. The summed E-state index contributed by atoms with van der Waals surface area (Å²) in [5.41, 5.74) is 1.24. The molecule has 21 heavy (non-hydrogen) atoms. The number of nitro benzene ring substituents is 1. The molecule has 1 amide bonds. The largest absolute Gasteiger partial charge is 0.359 e. The number of hydroxylamine groups is 2. The predicted octanol–water partition coefficient (Wildman–Crippen LogP) is 2.55. The SMILES string of the molecule is O=C1c2ccccc2N[C@H](c2cccc([N+](=O)[O-])c2)N1O. The number of carbonyl (C=O) groups excluding carboxylic acids is 1. The van der Waals surface area contributed by atoms with E-state index in [1.54, 1.807) is 30.3 Å². The van der Waals surface area contributed by atoms with Crippen LogP contribution in [0.15, 0.2) is 48.5 Å². The maximum atomic E-state index is 12.1. The van der Waals surface area contributed by atoms with Crippen molar-refractivity contribution in [1.29, 1.82) is 0 Å². The summed E-state index contributed by atoms with van der Waals surface area (Å²) in [4.78, 5) is 22.4. The molecule has 2 N–H and O–H groups in total. The molecule has 1 heterocycles. The van der Waals surface area contributed by atoms with Gasteiger partial charge >= 0.3 is 0 Å². The summed E-state index contributed by atoms with van der Waals surface area (Å²) in [5.74, 6) is -0.555. The van der Waals surface area contributed by atoms with Crippen molar-refractivity contribution in [2.75, 3.05) is 5.32 Å². The molecule has 7 nitrogen and oxygen atoms in total. The normalized spacial score (nSPS) is 17.1. The van der Waals surface area contributed by atoms with E-state index in [-0.39, 0.29) is 5.69 Å². The molecule has 0 fully saturated rings. The van der Waals surface area contributed by atoms with Crippen molar-refractivity contribution in [2.45, 2.75) is 6.17 Å². The van der Waals surface area contributed by atoms with Crippen molar-refractivity contribution < 1.29 is 14.9 Å². The van der Waals surface area contributed by atoms with E-state index in [2.05, 4.69) is 5.32 Å². The summed E-state index contributed by atoms with van der Waals surface area (Å²) in [6.45, 7) is 0. The number of para-hydroxylation sites is 1. The molecule has 1 aliphatic rings. The number of hydrogen-bond acceptors (Lipinski definition) is 5. The van der Waals surface area contributed by atoms with Crippen molar-refractivity contribution in [1.82, 2.24) is 5.06 Å². The lowest BCUT2D eigenvalue weighted by Gasteiger charge is -2.33. The quantitative estimate of drug-likeness (QED) is 0.502. The van der Waals surface area contributed by atoms with Gasteiger partial charge in [-0.1, -0.05) is 24.3 Å². The summed E-state index contributed by atoms with van der Waals surface area (Å²) >= 11 is 0. The van der Waals surface area contributed by atoms with Gasteiger partial charge in [0.15, 0.2) is 6.17 Å². The Morgan fingerprint density at radius 3 is 2.71 bits per heavy atom. The van der Waals surface area contributed by atoms with E-state index >= 15 is 0 Å². The van der Waals surface area contributed by atoms with Gasteiger partial charge in [0.25, 0.3) is 11.6 Å². The van der Waals surface area contributed by atoms with E-state index in [0.717, 1.165) is 0 Å². The fourth-order valence-corrected chi connectivity index (χ4v) is 2.28. The number of fused-ring (bicyclic) bond motifs is 1. The third-order valence-electron chi connectivity index (χ3n) is 3.30. The molecule has 2 aromatic rings. The fourth-order valence-electron chi connectivity index (χ4n) is 2.28. The van der Waals surface area contributed by atoms with Crippen LogP contribution in [0.2, 0.25) is 0 Å². The minimum Gasteiger partial charge on any atom is -0.359 e. The van der Waals surface area contributed by atoms with Crippen LogP contribution in [-0.2, 0) is 0 Å². The van der Waals surface area contributed by atoms with Gasteiger partial charge in [0.2, 0.25) is 0 Å². The Bertz CT molecular complexity index is 732. The maximum absolute atomic E-state index is 12.1. The molecule has 1 aliphatic heterocycles. The van der Waals surface area contributed by atoms with Crippen LogP contribution in [0.25, 0.3) is 0 Å². The number of nitro groups is 1. The van der Waals surface area contributed by atoms with Gasteiger partial charge in [-0.15, -0.1) is 0 Å². The molecular weight excluding hydrogens is 274 g/mol. The Hall–Kier alpha value is -2.93. The summed E-state index contributed by atoms with van der Waals surface area (Å²) in [6, 6.07) is 12.5. The zero-order chi connectivity index (χ0) is 15.0. The van der Waals surface area contributed by atoms with Crippen LogP contribution < -0.4 is 5.32 Å². The second kappa shape index (κ2) is 4.88. The van der Waals surface area contributed by atoms with Gasteiger partial charge in [-0.3, -0.25) is 20.1 Å². The highest BCUT2D eigenvalue weighted by Crippen LogP contribution is 2.32. The number of carbonyl (C=O) groups is 1. The summed E-state index contributed by atoms with van der Waals surface area (Å²) in [5, 5.41) is 24.4. The molecule has 0 spiro atoms. The first kappa shape index (κ1) is 13.1. The molecule has 0 unspecified atom stereocenters. The van der Waals surface area contributed by atoms with Crippen LogP contribution in [0.5, 0.6) is 0 Å². The molecule has 1 atom stereocenters. The predicted molar refractivity (Wildman–Crippen MR) is 73.9 cm³/mol. The average molecular weight is 285 g/mol. The third kappa shape index (κ3) is 2.19. The summed E-state index contributed by atoms with van der Waals surface area (Å²) in [6.07, 6.45) is -0.868. The van der Waals surface area contributed by atoms with E-state index in [1.807, 2.05) is 0 Å². The molecule has 0 saturated carbocycles. The number of hydrogen-bond donors (Lipinski definition) is 2. The lowest BCUT2D eigenvalue weighted by molar-refractivity contribution is -0.385. The zero-order valence-corrected chi connectivity index (χ0v) is 10.8. The highest BCUT2D eigenvalue weighted by molar-refractivity contribution is 6.01. The number of non-ortho nitro benzene ring substituents is 1. The second-order valence-corrected chi connectivity index (χ2v) is 4.59. The Morgan fingerprint density at radius 2 is 1.95 bits per heavy atom. The van der Waals surface area contributed by atoms with Gasteiger partial charge in [-0.25, -0.2) is 0 Å². The molecule has 106 valence electrons. The number of anilines is 1. The van der Waals surface area contributed by atoms with E-state index in [9.17, 15) is 20.1 Å². The Labute approximate surface area is 119 Å². The topological polar surface area (TPSA) is 95.7 Å². The third-order valence-corrected chi connectivity index (χ3v) is 3.30. The van der Waals surface area contributed by atoms with Crippen LogP contribution in [0.4, 0.5) is 11.4 Å². The minimum absolute atomic E-state index is 0.103. The smallest absolute Gasteiger partial charge is 0.281 e. The lowest BCUT2D eigenvalue weighted by atomic mass is 10.0. The molecule has 0 bridgehead atoms. The molecule has 0 radical (unpaired) electrons. The van der Waals surface area contributed by atoms with Crippen molar-refractivity contribution in [3.63, 3.8) is 0 Å². The molecular formula is C14H11N3O4. The standard InChI is InChI=1S/C14H11N3O4/c18-14-11-6-1-2-7-12(11)15-13(16(14)19)9-4-3-5-10(8-9)17(20)21/h1-8,13,15,19H/t13-/m0/s1. The number of nitrogens with one attached hydrogen (secondary N) is 1. The number of rotatable bonds is 2.